The maximum absolute atomic E-state index is 12.8. The smallest absolute Gasteiger partial charge is 0.287 e. The van der Waals surface area contributed by atoms with Crippen molar-refractivity contribution in [3.8, 4) is 0 Å². The zero-order chi connectivity index (χ0) is 21.8. The summed E-state index contributed by atoms with van der Waals surface area (Å²) in [6.45, 7) is 7.72. The predicted octanol–water partition coefficient (Wildman–Crippen LogP) is 4.39. The van der Waals surface area contributed by atoms with E-state index in [-0.39, 0.29) is 11.3 Å². The Hall–Kier alpha value is -3.35. The van der Waals surface area contributed by atoms with Crippen LogP contribution in [0.5, 0.6) is 0 Å². The first-order valence-electron chi connectivity index (χ1n) is 10.7. The lowest BCUT2D eigenvalue weighted by molar-refractivity contribution is 0.0921. The Morgan fingerprint density at radius 1 is 1.26 bits per heavy atom. The molecule has 2 heterocycles. The number of fused-ring (bicyclic) bond motifs is 1. The third-order valence-electron chi connectivity index (χ3n) is 5.53. The van der Waals surface area contributed by atoms with E-state index >= 15 is 0 Å². The molecule has 7 heteroatoms. The van der Waals surface area contributed by atoms with E-state index in [1.54, 1.807) is 12.5 Å². The molecule has 0 unspecified atom stereocenters. The number of rotatable bonds is 7. The second-order valence-corrected chi connectivity index (χ2v) is 8.82. The monoisotopic (exact) mass is 419 g/mol. The van der Waals surface area contributed by atoms with Crippen LogP contribution < -0.4 is 10.7 Å². The average molecular weight is 420 g/mol. The Labute approximate surface area is 182 Å². The fraction of sp³-hybridized carbons (Fsp3) is 0.375. The van der Waals surface area contributed by atoms with Gasteiger partial charge in [-0.2, -0.15) is 5.10 Å². The number of hydrogen-bond acceptors (Lipinski definition) is 5. The number of amides is 1. The molecule has 31 heavy (non-hydrogen) atoms. The SMILES string of the molecule is Cc1c(C(=O)NCCCn2ccnc2)oc2c1/C(=N\Nc1ccccc1)CC(C)(C)C2. The van der Waals surface area contributed by atoms with Gasteiger partial charge in [-0.3, -0.25) is 10.2 Å². The van der Waals surface area contributed by atoms with Gasteiger partial charge in [0.25, 0.3) is 5.91 Å². The highest BCUT2D eigenvalue weighted by Gasteiger charge is 2.36. The van der Waals surface area contributed by atoms with Crippen LogP contribution in [-0.4, -0.2) is 27.7 Å². The molecule has 3 aromatic rings. The van der Waals surface area contributed by atoms with E-state index < -0.39 is 0 Å². The van der Waals surface area contributed by atoms with Crippen LogP contribution in [0.2, 0.25) is 0 Å². The van der Waals surface area contributed by atoms with Crippen LogP contribution in [0.1, 0.15) is 54.1 Å². The number of para-hydroxylation sites is 1. The van der Waals surface area contributed by atoms with Crippen LogP contribution in [0.15, 0.2) is 58.6 Å². The molecule has 1 amide bonds. The number of imidazole rings is 1. The topological polar surface area (TPSA) is 84.5 Å². The van der Waals surface area contributed by atoms with E-state index in [2.05, 4.69) is 29.6 Å². The lowest BCUT2D eigenvalue weighted by Gasteiger charge is -2.29. The number of nitrogens with one attached hydrogen (secondary N) is 2. The molecular weight excluding hydrogens is 390 g/mol. The van der Waals surface area contributed by atoms with Crippen molar-refractivity contribution in [3.63, 3.8) is 0 Å². The molecule has 1 aliphatic carbocycles. The minimum Gasteiger partial charge on any atom is -0.455 e. The van der Waals surface area contributed by atoms with Crippen molar-refractivity contribution in [3.05, 3.63) is 71.7 Å². The summed E-state index contributed by atoms with van der Waals surface area (Å²) in [7, 11) is 0. The van der Waals surface area contributed by atoms with Crippen LogP contribution in [0, 0.1) is 12.3 Å². The van der Waals surface area contributed by atoms with Crippen LogP contribution in [0.4, 0.5) is 5.69 Å². The van der Waals surface area contributed by atoms with Crippen molar-refractivity contribution in [1.82, 2.24) is 14.9 Å². The molecule has 2 aromatic heterocycles. The van der Waals surface area contributed by atoms with Crippen molar-refractivity contribution in [1.29, 1.82) is 0 Å². The molecule has 4 rings (SSSR count). The fourth-order valence-corrected chi connectivity index (χ4v) is 4.03. The lowest BCUT2D eigenvalue weighted by atomic mass is 9.75. The standard InChI is InChI=1S/C24H29N5O2/c1-17-21-19(28-27-18-8-5-4-6-9-18)14-24(2,3)15-20(21)31-22(17)23(30)26-10-7-12-29-13-11-25-16-29/h4-6,8-9,11,13,16,27H,7,10,12,14-15H2,1-3H3,(H,26,30)/b28-19-. The molecule has 7 nitrogen and oxygen atoms in total. The molecule has 0 spiro atoms. The van der Waals surface area contributed by atoms with Gasteiger partial charge in [0, 0.05) is 43.0 Å². The van der Waals surface area contributed by atoms with Crippen molar-refractivity contribution in [2.24, 2.45) is 10.5 Å². The first-order chi connectivity index (χ1) is 14.9. The summed E-state index contributed by atoms with van der Waals surface area (Å²) in [5.74, 6) is 1.05. The number of hydrazone groups is 1. The Bertz CT molecular complexity index is 1070. The number of carbonyl (C=O) groups is 1. The summed E-state index contributed by atoms with van der Waals surface area (Å²) in [5.41, 5.74) is 6.83. The molecule has 0 bridgehead atoms. The van der Waals surface area contributed by atoms with Crippen LogP contribution in [0.25, 0.3) is 0 Å². The number of benzene rings is 1. The highest BCUT2D eigenvalue weighted by atomic mass is 16.4. The number of carbonyl (C=O) groups excluding carboxylic acids is 1. The summed E-state index contributed by atoms with van der Waals surface area (Å²) in [4.78, 5) is 16.8. The first kappa shape index (κ1) is 20.9. The molecule has 0 atom stereocenters. The molecule has 1 aliphatic rings. The zero-order valence-corrected chi connectivity index (χ0v) is 18.3. The van der Waals surface area contributed by atoms with Crippen LogP contribution in [-0.2, 0) is 13.0 Å². The van der Waals surface area contributed by atoms with E-state index in [1.807, 2.05) is 48.0 Å². The number of furan rings is 1. The highest BCUT2D eigenvalue weighted by Crippen LogP contribution is 2.39. The van der Waals surface area contributed by atoms with E-state index in [1.165, 1.54) is 0 Å². The molecule has 2 N–H and O–H groups in total. The van der Waals surface area contributed by atoms with Gasteiger partial charge in [0.05, 0.1) is 17.7 Å². The Kier molecular flexibility index (Phi) is 5.93. The number of aromatic nitrogens is 2. The third kappa shape index (κ3) is 4.87. The van der Waals surface area contributed by atoms with Gasteiger partial charge in [-0.05, 0) is 37.3 Å². The molecule has 0 saturated heterocycles. The second kappa shape index (κ2) is 8.79. The molecule has 0 saturated carbocycles. The van der Waals surface area contributed by atoms with Crippen molar-refractivity contribution < 1.29 is 9.21 Å². The summed E-state index contributed by atoms with van der Waals surface area (Å²) < 4.78 is 8.08. The second-order valence-electron chi connectivity index (χ2n) is 8.82. The van der Waals surface area contributed by atoms with E-state index in [4.69, 9.17) is 9.52 Å². The van der Waals surface area contributed by atoms with E-state index in [9.17, 15) is 4.79 Å². The van der Waals surface area contributed by atoms with Gasteiger partial charge in [0.15, 0.2) is 5.76 Å². The van der Waals surface area contributed by atoms with Crippen molar-refractivity contribution in [2.45, 2.75) is 46.6 Å². The molecule has 0 fully saturated rings. The minimum absolute atomic E-state index is 0.00698. The molecule has 0 radical (unpaired) electrons. The number of anilines is 1. The number of nitrogens with zero attached hydrogens (tertiary/aromatic N) is 3. The zero-order valence-electron chi connectivity index (χ0n) is 18.3. The van der Waals surface area contributed by atoms with Gasteiger partial charge in [-0.15, -0.1) is 0 Å². The van der Waals surface area contributed by atoms with E-state index in [0.717, 1.165) is 54.1 Å². The average Bonchev–Trinajstić information content (AvgIpc) is 3.37. The normalized spacial score (nSPS) is 16.2. The summed E-state index contributed by atoms with van der Waals surface area (Å²) in [6.07, 6.45) is 7.86. The fourth-order valence-electron chi connectivity index (χ4n) is 4.03. The van der Waals surface area contributed by atoms with Crippen molar-refractivity contribution in [2.75, 3.05) is 12.0 Å². The van der Waals surface area contributed by atoms with Gasteiger partial charge >= 0.3 is 0 Å². The highest BCUT2D eigenvalue weighted by molar-refractivity contribution is 6.07. The minimum atomic E-state index is -0.175. The molecular formula is C24H29N5O2. The lowest BCUT2D eigenvalue weighted by Crippen LogP contribution is -2.27. The Morgan fingerprint density at radius 2 is 2.06 bits per heavy atom. The van der Waals surface area contributed by atoms with Gasteiger partial charge in [0.1, 0.15) is 5.76 Å². The largest absolute Gasteiger partial charge is 0.455 e. The van der Waals surface area contributed by atoms with Crippen molar-refractivity contribution >= 4 is 17.3 Å². The first-order valence-corrected chi connectivity index (χ1v) is 10.7. The maximum Gasteiger partial charge on any atom is 0.287 e. The summed E-state index contributed by atoms with van der Waals surface area (Å²) >= 11 is 0. The van der Waals surface area contributed by atoms with Crippen LogP contribution >= 0.6 is 0 Å². The predicted molar refractivity (Wildman–Crippen MR) is 121 cm³/mol. The summed E-state index contributed by atoms with van der Waals surface area (Å²) in [5, 5.41) is 7.68. The van der Waals surface area contributed by atoms with Gasteiger partial charge in [0.2, 0.25) is 0 Å². The summed E-state index contributed by atoms with van der Waals surface area (Å²) in [6, 6.07) is 9.86. The maximum atomic E-state index is 12.8. The molecule has 162 valence electrons. The third-order valence-corrected chi connectivity index (χ3v) is 5.53. The van der Waals surface area contributed by atoms with Crippen LogP contribution in [0.3, 0.4) is 0 Å². The number of aryl methyl sites for hydroxylation is 1. The van der Waals surface area contributed by atoms with E-state index in [0.29, 0.717) is 12.3 Å². The van der Waals surface area contributed by atoms with Gasteiger partial charge < -0.3 is 14.3 Å². The molecule has 0 aliphatic heterocycles. The quantitative estimate of drug-likeness (QED) is 0.439. The number of hydrogen-bond donors (Lipinski definition) is 2. The Balaban J connectivity index is 1.50. The van der Waals surface area contributed by atoms with Gasteiger partial charge in [-0.25, -0.2) is 4.98 Å². The van der Waals surface area contributed by atoms with Gasteiger partial charge in [-0.1, -0.05) is 32.0 Å². The Morgan fingerprint density at radius 3 is 2.81 bits per heavy atom. The molecule has 1 aromatic carbocycles.